The third-order valence-corrected chi connectivity index (χ3v) is 5.02. The molecule has 1 amide bonds. The van der Waals surface area contributed by atoms with E-state index in [4.69, 9.17) is 9.47 Å². The maximum atomic E-state index is 11.8. The highest BCUT2D eigenvalue weighted by molar-refractivity contribution is 5.76. The lowest BCUT2D eigenvalue weighted by molar-refractivity contribution is -0.124. The number of aliphatic hydroxyl groups excluding tert-OH is 1. The van der Waals surface area contributed by atoms with Crippen LogP contribution in [0.3, 0.4) is 0 Å². The van der Waals surface area contributed by atoms with Crippen molar-refractivity contribution in [2.45, 2.75) is 70.2 Å². The number of amides is 1. The number of ether oxygens (including phenoxy) is 2. The Morgan fingerprint density at radius 1 is 1.42 bits per heavy atom. The van der Waals surface area contributed by atoms with Crippen LogP contribution in [0, 0.1) is 6.92 Å². The minimum atomic E-state index is -0.680. The van der Waals surface area contributed by atoms with Crippen LogP contribution in [0.15, 0.2) is 18.3 Å². The minimum Gasteiger partial charge on any atom is -0.388 e. The van der Waals surface area contributed by atoms with Crippen LogP contribution in [0.1, 0.15) is 37.4 Å². The molecule has 0 spiro atoms. The third kappa shape index (κ3) is 4.59. The van der Waals surface area contributed by atoms with E-state index < -0.39 is 6.10 Å². The van der Waals surface area contributed by atoms with Crippen molar-refractivity contribution in [1.82, 2.24) is 15.6 Å². The topological polar surface area (TPSA) is 92.7 Å². The van der Waals surface area contributed by atoms with Crippen LogP contribution >= 0.6 is 0 Å². The van der Waals surface area contributed by atoms with E-state index in [2.05, 4.69) is 15.6 Å². The minimum absolute atomic E-state index is 0.00439. The first-order valence-electron chi connectivity index (χ1n) is 9.45. The van der Waals surface area contributed by atoms with Gasteiger partial charge in [0.1, 0.15) is 12.2 Å². The van der Waals surface area contributed by atoms with Crippen LogP contribution in [0.5, 0.6) is 0 Å². The molecule has 26 heavy (non-hydrogen) atoms. The molecule has 2 saturated heterocycles. The van der Waals surface area contributed by atoms with Crippen molar-refractivity contribution in [3.05, 3.63) is 29.6 Å². The normalized spacial score (nSPS) is 30.3. The van der Waals surface area contributed by atoms with E-state index in [1.165, 1.54) is 0 Å². The molecule has 3 rings (SSSR count). The third-order valence-electron chi connectivity index (χ3n) is 5.02. The molecule has 0 saturated carbocycles. The van der Waals surface area contributed by atoms with Crippen LogP contribution in [0.4, 0.5) is 0 Å². The first-order chi connectivity index (χ1) is 12.6. The molecule has 5 unspecified atom stereocenters. The summed E-state index contributed by atoms with van der Waals surface area (Å²) in [7, 11) is 0. The lowest BCUT2D eigenvalue weighted by atomic mass is 10.1. The van der Waals surface area contributed by atoms with E-state index in [-0.39, 0.29) is 30.3 Å². The summed E-state index contributed by atoms with van der Waals surface area (Å²) in [6.07, 6.45) is 2.02. The second kappa shape index (κ2) is 8.90. The summed E-state index contributed by atoms with van der Waals surface area (Å²) < 4.78 is 11.9. The number of nitrogens with zero attached hydrogens (tertiary/aromatic N) is 1. The number of aromatic nitrogens is 1. The number of pyridine rings is 1. The first-order valence-corrected chi connectivity index (χ1v) is 9.45. The Kier molecular flexibility index (Phi) is 6.58. The Morgan fingerprint density at radius 2 is 2.27 bits per heavy atom. The van der Waals surface area contributed by atoms with Gasteiger partial charge in [0, 0.05) is 32.3 Å². The molecule has 0 aliphatic carbocycles. The first kappa shape index (κ1) is 19.2. The lowest BCUT2D eigenvalue weighted by Gasteiger charge is -2.20. The van der Waals surface area contributed by atoms with Crippen molar-refractivity contribution >= 4 is 5.91 Å². The van der Waals surface area contributed by atoms with Gasteiger partial charge >= 0.3 is 0 Å². The number of carbonyl (C=O) groups is 1. The van der Waals surface area contributed by atoms with Gasteiger partial charge in [-0.3, -0.25) is 9.78 Å². The number of fused-ring (bicyclic) bond motifs is 1. The maximum Gasteiger partial charge on any atom is 0.222 e. The van der Waals surface area contributed by atoms with Gasteiger partial charge in [-0.05, 0) is 25.0 Å². The highest BCUT2D eigenvalue weighted by atomic mass is 16.6. The van der Waals surface area contributed by atoms with Crippen LogP contribution in [-0.2, 0) is 20.8 Å². The smallest absolute Gasteiger partial charge is 0.222 e. The van der Waals surface area contributed by atoms with E-state index in [1.807, 2.05) is 26.0 Å². The summed E-state index contributed by atoms with van der Waals surface area (Å²) in [6, 6.07) is 3.94. The summed E-state index contributed by atoms with van der Waals surface area (Å²) in [6.45, 7) is 5.90. The molecule has 3 N–H and O–H groups in total. The number of aliphatic hydroxyl groups is 1. The van der Waals surface area contributed by atoms with Gasteiger partial charge in [-0.2, -0.15) is 0 Å². The van der Waals surface area contributed by atoms with Crippen molar-refractivity contribution in [3.8, 4) is 0 Å². The molecule has 7 heteroatoms. The lowest BCUT2D eigenvalue weighted by Crippen LogP contribution is -2.39. The molecule has 2 aliphatic rings. The van der Waals surface area contributed by atoms with Crippen molar-refractivity contribution in [1.29, 1.82) is 0 Å². The zero-order chi connectivity index (χ0) is 18.5. The molecule has 1 aromatic rings. The second-order valence-electron chi connectivity index (χ2n) is 7.11. The molecule has 0 bridgehead atoms. The van der Waals surface area contributed by atoms with Crippen molar-refractivity contribution in [2.75, 3.05) is 13.1 Å². The average molecular weight is 363 g/mol. The molecule has 0 aromatic carbocycles. The Bertz CT molecular complexity index is 612. The van der Waals surface area contributed by atoms with Gasteiger partial charge in [0.05, 0.1) is 30.4 Å². The van der Waals surface area contributed by atoms with E-state index in [1.54, 1.807) is 6.20 Å². The maximum absolute atomic E-state index is 11.8. The van der Waals surface area contributed by atoms with Crippen LogP contribution in [-0.4, -0.2) is 59.6 Å². The number of rotatable bonds is 8. The fourth-order valence-electron chi connectivity index (χ4n) is 3.59. The predicted molar refractivity (Wildman–Crippen MR) is 96.5 cm³/mol. The van der Waals surface area contributed by atoms with E-state index in [9.17, 15) is 9.90 Å². The van der Waals surface area contributed by atoms with Crippen molar-refractivity contribution in [2.24, 2.45) is 0 Å². The van der Waals surface area contributed by atoms with E-state index in [0.29, 0.717) is 32.5 Å². The number of hydrogen-bond donors (Lipinski definition) is 3. The summed E-state index contributed by atoms with van der Waals surface area (Å²) >= 11 is 0. The second-order valence-corrected chi connectivity index (χ2v) is 7.11. The van der Waals surface area contributed by atoms with Crippen molar-refractivity contribution < 1.29 is 19.4 Å². The molecule has 7 nitrogen and oxygen atoms in total. The van der Waals surface area contributed by atoms with Gasteiger partial charge in [-0.15, -0.1) is 0 Å². The van der Waals surface area contributed by atoms with E-state index in [0.717, 1.165) is 17.7 Å². The summed E-state index contributed by atoms with van der Waals surface area (Å²) in [5.41, 5.74) is 2.13. The summed E-state index contributed by atoms with van der Waals surface area (Å²) in [5, 5.41) is 16.7. The largest absolute Gasteiger partial charge is 0.388 e. The Labute approximate surface area is 154 Å². The quantitative estimate of drug-likeness (QED) is 0.629. The fourth-order valence-corrected chi connectivity index (χ4v) is 3.59. The molecule has 1 aromatic heterocycles. The number of nitrogens with one attached hydrogen (secondary N) is 2. The highest BCUT2D eigenvalue weighted by Gasteiger charge is 2.50. The van der Waals surface area contributed by atoms with Gasteiger partial charge in [0.2, 0.25) is 5.91 Å². The number of carbonyl (C=O) groups excluding carboxylic acids is 1. The number of hydrogen-bond acceptors (Lipinski definition) is 6. The van der Waals surface area contributed by atoms with Gasteiger partial charge in [-0.25, -0.2) is 0 Å². The molecule has 3 heterocycles. The Balaban J connectivity index is 1.42. The van der Waals surface area contributed by atoms with E-state index >= 15 is 0 Å². The van der Waals surface area contributed by atoms with Gasteiger partial charge in [0.15, 0.2) is 0 Å². The molecule has 144 valence electrons. The standard InChI is InChI=1S/C19H29N3O4/c1-3-6-22-17(23)9-13-8-15-19(25-13)18(24)16(26-15)11-20-10-14-12(2)5-4-7-21-14/h4-5,7,13,15-16,18-20,24H,3,6,8-11H2,1-2H3,(H,22,23). The molecular weight excluding hydrogens is 334 g/mol. The summed E-state index contributed by atoms with van der Waals surface area (Å²) in [5.74, 6) is -0.00439. The molecule has 5 atom stereocenters. The van der Waals surface area contributed by atoms with Gasteiger partial charge < -0.3 is 25.2 Å². The van der Waals surface area contributed by atoms with Crippen LogP contribution in [0.25, 0.3) is 0 Å². The Morgan fingerprint density at radius 3 is 3.00 bits per heavy atom. The van der Waals surface area contributed by atoms with Gasteiger partial charge in [0.25, 0.3) is 0 Å². The molecule has 2 aliphatic heterocycles. The van der Waals surface area contributed by atoms with Gasteiger partial charge in [-0.1, -0.05) is 13.0 Å². The zero-order valence-electron chi connectivity index (χ0n) is 15.5. The molecule has 2 fully saturated rings. The SMILES string of the molecule is CCCNC(=O)CC1CC2OC(CNCc3ncccc3C)C(O)C2O1. The Hall–Kier alpha value is -1.54. The van der Waals surface area contributed by atoms with Crippen molar-refractivity contribution in [3.63, 3.8) is 0 Å². The zero-order valence-corrected chi connectivity index (χ0v) is 15.5. The molecular formula is C19H29N3O4. The average Bonchev–Trinajstić information content (AvgIpc) is 3.14. The number of aryl methyl sites for hydroxylation is 1. The fraction of sp³-hybridized carbons (Fsp3) is 0.684. The summed E-state index contributed by atoms with van der Waals surface area (Å²) in [4.78, 5) is 16.2. The predicted octanol–water partition coefficient (Wildman–Crippen LogP) is 0.682. The monoisotopic (exact) mass is 363 g/mol. The van der Waals surface area contributed by atoms with Crippen LogP contribution < -0.4 is 10.6 Å². The highest BCUT2D eigenvalue weighted by Crippen LogP contribution is 2.35. The molecule has 0 radical (unpaired) electrons. The van der Waals surface area contributed by atoms with Crippen LogP contribution in [0.2, 0.25) is 0 Å².